The van der Waals surface area contributed by atoms with Crippen LogP contribution in [-0.2, 0) is 0 Å². The van der Waals surface area contributed by atoms with E-state index in [2.05, 4.69) is 11.9 Å². The van der Waals surface area contributed by atoms with Crippen molar-refractivity contribution in [2.75, 3.05) is 39.5 Å². The molecule has 2 N–H and O–H groups in total. The van der Waals surface area contributed by atoms with Crippen molar-refractivity contribution in [3.63, 3.8) is 0 Å². The molecule has 0 aliphatic carbocycles. The van der Waals surface area contributed by atoms with Gasteiger partial charge in [-0.15, -0.1) is 0 Å². The lowest BCUT2D eigenvalue weighted by Gasteiger charge is -2.31. The van der Waals surface area contributed by atoms with Crippen LogP contribution in [0, 0.1) is 11.7 Å². The number of hydrogen-bond donors (Lipinski definition) is 1. The smallest absolute Gasteiger partial charge is 0.255 e. The molecule has 5 heteroatoms. The molecular formula is C15H22FN3O. The molecule has 0 aromatic heterocycles. The number of halogens is 1. The molecule has 1 aromatic carbocycles. The Hall–Kier alpha value is -1.62. The molecule has 1 aliphatic rings. The Morgan fingerprint density at radius 2 is 2.10 bits per heavy atom. The van der Waals surface area contributed by atoms with E-state index in [1.807, 2.05) is 0 Å². The molecular weight excluding hydrogens is 257 g/mol. The zero-order valence-corrected chi connectivity index (χ0v) is 12.1. The lowest BCUT2D eigenvalue weighted by Crippen LogP contribution is -2.38. The van der Waals surface area contributed by atoms with Crippen molar-refractivity contribution in [3.8, 4) is 0 Å². The van der Waals surface area contributed by atoms with Gasteiger partial charge in [-0.3, -0.25) is 4.79 Å². The summed E-state index contributed by atoms with van der Waals surface area (Å²) in [4.78, 5) is 16.3. The molecule has 4 nitrogen and oxygen atoms in total. The molecule has 1 saturated heterocycles. The van der Waals surface area contributed by atoms with Gasteiger partial charge in [-0.05, 0) is 51.0 Å². The quantitative estimate of drug-likeness (QED) is 0.859. The van der Waals surface area contributed by atoms with E-state index in [9.17, 15) is 9.18 Å². The first-order valence-electron chi connectivity index (χ1n) is 6.97. The fraction of sp³-hybridized carbons (Fsp3) is 0.533. The monoisotopic (exact) mass is 279 g/mol. The first-order chi connectivity index (χ1) is 9.49. The van der Waals surface area contributed by atoms with Crippen LogP contribution in [0.4, 0.5) is 10.1 Å². The number of nitrogens with two attached hydrogens (primary N) is 1. The zero-order chi connectivity index (χ0) is 14.7. The maximum atomic E-state index is 13.4. The first-order valence-corrected chi connectivity index (χ1v) is 6.97. The van der Waals surface area contributed by atoms with E-state index < -0.39 is 5.82 Å². The van der Waals surface area contributed by atoms with Gasteiger partial charge in [0.1, 0.15) is 5.82 Å². The van der Waals surface area contributed by atoms with Gasteiger partial charge >= 0.3 is 0 Å². The summed E-state index contributed by atoms with van der Waals surface area (Å²) in [6, 6.07) is 4.36. The van der Waals surface area contributed by atoms with Crippen LogP contribution < -0.4 is 5.73 Å². The van der Waals surface area contributed by atoms with Gasteiger partial charge in [-0.25, -0.2) is 4.39 Å². The number of carbonyl (C=O) groups is 1. The van der Waals surface area contributed by atoms with Crippen LogP contribution in [0.2, 0.25) is 0 Å². The van der Waals surface area contributed by atoms with E-state index in [4.69, 9.17) is 5.73 Å². The van der Waals surface area contributed by atoms with Crippen LogP contribution in [0.25, 0.3) is 0 Å². The van der Waals surface area contributed by atoms with Crippen LogP contribution in [0.1, 0.15) is 23.2 Å². The largest absolute Gasteiger partial charge is 0.396 e. The fourth-order valence-electron chi connectivity index (χ4n) is 2.64. The summed E-state index contributed by atoms with van der Waals surface area (Å²) in [6.45, 7) is 2.83. The summed E-state index contributed by atoms with van der Waals surface area (Å²) in [7, 11) is 3.86. The summed E-state index contributed by atoms with van der Waals surface area (Å²) < 4.78 is 13.4. The van der Waals surface area contributed by atoms with Crippen LogP contribution in [0.15, 0.2) is 18.2 Å². The first kappa shape index (κ1) is 14.8. The molecule has 1 heterocycles. The molecule has 0 radical (unpaired) electrons. The third-order valence-corrected chi connectivity index (χ3v) is 4.00. The number of hydrogen-bond acceptors (Lipinski definition) is 3. The Balaban J connectivity index is 2.00. The maximum Gasteiger partial charge on any atom is 0.255 e. The van der Waals surface area contributed by atoms with Gasteiger partial charge in [0.2, 0.25) is 0 Å². The summed E-state index contributed by atoms with van der Waals surface area (Å²) in [6.07, 6.45) is 2.18. The highest BCUT2D eigenvalue weighted by Gasteiger charge is 2.22. The van der Waals surface area contributed by atoms with Gasteiger partial charge in [-0.1, -0.05) is 6.07 Å². The van der Waals surface area contributed by atoms with Gasteiger partial charge in [0.25, 0.3) is 5.91 Å². The number of likely N-dealkylation sites (tertiary alicyclic amines) is 1. The zero-order valence-electron chi connectivity index (χ0n) is 12.1. The summed E-state index contributed by atoms with van der Waals surface area (Å²) in [5.41, 5.74) is 5.83. The molecule has 1 aliphatic heterocycles. The Bertz CT molecular complexity index is 484. The van der Waals surface area contributed by atoms with E-state index in [1.54, 1.807) is 18.0 Å². The molecule has 2 rings (SSSR count). The minimum absolute atomic E-state index is 0.0623. The van der Waals surface area contributed by atoms with Crippen molar-refractivity contribution in [1.29, 1.82) is 0 Å². The maximum absolute atomic E-state index is 13.4. The number of carbonyl (C=O) groups excluding carboxylic acids is 1. The number of nitrogen functional groups attached to an aromatic ring is 1. The Labute approximate surface area is 119 Å². The number of rotatable bonds is 3. The standard InChI is InChI=1S/C15H22FN3O/c1-18-8-6-11(7-9-18)10-19(2)15(20)12-4-3-5-13(16)14(12)17/h3-5,11H,6-10,17H2,1-2H3. The normalized spacial score (nSPS) is 17.1. The van der Waals surface area contributed by atoms with Crippen molar-refractivity contribution in [1.82, 2.24) is 9.80 Å². The van der Waals surface area contributed by atoms with Crippen molar-refractivity contribution in [2.45, 2.75) is 12.8 Å². The third-order valence-electron chi connectivity index (χ3n) is 4.00. The average molecular weight is 279 g/mol. The molecule has 1 fully saturated rings. The molecule has 0 saturated carbocycles. The minimum atomic E-state index is -0.538. The van der Waals surface area contributed by atoms with Crippen LogP contribution in [0.3, 0.4) is 0 Å². The van der Waals surface area contributed by atoms with Crippen LogP contribution >= 0.6 is 0 Å². The number of benzene rings is 1. The molecule has 0 atom stereocenters. The van der Waals surface area contributed by atoms with E-state index in [1.165, 1.54) is 12.1 Å². The van der Waals surface area contributed by atoms with E-state index in [-0.39, 0.29) is 17.2 Å². The topological polar surface area (TPSA) is 49.6 Å². The van der Waals surface area contributed by atoms with Crippen molar-refractivity contribution >= 4 is 11.6 Å². The summed E-state index contributed by atoms with van der Waals surface area (Å²) >= 11 is 0. The highest BCUT2D eigenvalue weighted by molar-refractivity contribution is 5.99. The van der Waals surface area contributed by atoms with Gasteiger partial charge in [0.15, 0.2) is 0 Å². The number of para-hydroxylation sites is 1. The summed E-state index contributed by atoms with van der Waals surface area (Å²) in [5.74, 6) is -0.237. The third kappa shape index (κ3) is 3.28. The van der Waals surface area contributed by atoms with Gasteiger partial charge in [-0.2, -0.15) is 0 Å². The number of amides is 1. The minimum Gasteiger partial charge on any atom is -0.396 e. The molecule has 0 spiro atoms. The predicted molar refractivity (Wildman–Crippen MR) is 78.0 cm³/mol. The van der Waals surface area contributed by atoms with E-state index >= 15 is 0 Å². The Morgan fingerprint density at radius 3 is 2.75 bits per heavy atom. The average Bonchev–Trinajstić information content (AvgIpc) is 2.43. The lowest BCUT2D eigenvalue weighted by molar-refractivity contribution is 0.0748. The fourth-order valence-corrected chi connectivity index (χ4v) is 2.64. The lowest BCUT2D eigenvalue weighted by atomic mass is 9.96. The van der Waals surface area contributed by atoms with E-state index in [0.717, 1.165) is 25.9 Å². The molecule has 0 unspecified atom stereocenters. The highest BCUT2D eigenvalue weighted by Crippen LogP contribution is 2.20. The second kappa shape index (κ2) is 6.22. The molecule has 110 valence electrons. The Kier molecular flexibility index (Phi) is 4.60. The highest BCUT2D eigenvalue weighted by atomic mass is 19.1. The molecule has 20 heavy (non-hydrogen) atoms. The Morgan fingerprint density at radius 1 is 1.45 bits per heavy atom. The molecule has 0 bridgehead atoms. The number of anilines is 1. The van der Waals surface area contributed by atoms with Gasteiger partial charge < -0.3 is 15.5 Å². The van der Waals surface area contributed by atoms with E-state index in [0.29, 0.717) is 12.5 Å². The predicted octanol–water partition coefficient (Wildman–Crippen LogP) is 1.82. The molecule has 1 aromatic rings. The molecule has 1 amide bonds. The van der Waals surface area contributed by atoms with Gasteiger partial charge in [0, 0.05) is 13.6 Å². The number of piperidine rings is 1. The number of nitrogens with zero attached hydrogens (tertiary/aromatic N) is 2. The van der Waals surface area contributed by atoms with Crippen molar-refractivity contribution in [2.24, 2.45) is 5.92 Å². The second-order valence-electron chi connectivity index (χ2n) is 5.63. The van der Waals surface area contributed by atoms with Gasteiger partial charge in [0.05, 0.1) is 11.3 Å². The SMILES string of the molecule is CN1CCC(CN(C)C(=O)c2cccc(F)c2N)CC1. The second-order valence-corrected chi connectivity index (χ2v) is 5.63. The summed E-state index contributed by atoms with van der Waals surface area (Å²) in [5, 5.41) is 0. The van der Waals surface area contributed by atoms with Crippen LogP contribution in [0.5, 0.6) is 0 Å². The van der Waals surface area contributed by atoms with Crippen molar-refractivity contribution < 1.29 is 9.18 Å². The van der Waals surface area contributed by atoms with Crippen molar-refractivity contribution in [3.05, 3.63) is 29.6 Å². The van der Waals surface area contributed by atoms with Crippen LogP contribution in [-0.4, -0.2) is 49.4 Å².